The van der Waals surface area contributed by atoms with Gasteiger partial charge in [-0.2, -0.15) is 0 Å². The highest BCUT2D eigenvalue weighted by Gasteiger charge is 1.93. The van der Waals surface area contributed by atoms with Gasteiger partial charge in [-0.1, -0.05) is 60.2 Å². The lowest BCUT2D eigenvalue weighted by atomic mass is 10.1. The predicted octanol–water partition coefficient (Wildman–Crippen LogP) is 5.62. The summed E-state index contributed by atoms with van der Waals surface area (Å²) in [7, 11) is 3.51. The third kappa shape index (κ3) is 11.5. The van der Waals surface area contributed by atoms with Crippen LogP contribution in [-0.2, 0) is 22.3 Å². The van der Waals surface area contributed by atoms with Crippen molar-refractivity contribution < 1.29 is 9.47 Å². The van der Waals surface area contributed by atoms with E-state index < -0.39 is 0 Å². The van der Waals surface area contributed by atoms with Gasteiger partial charge in [-0.05, 0) is 56.6 Å². The molecule has 2 heteroatoms. The van der Waals surface area contributed by atoms with Gasteiger partial charge >= 0.3 is 0 Å². The Morgan fingerprint density at radius 3 is 1.56 bits per heavy atom. The van der Waals surface area contributed by atoms with E-state index in [-0.39, 0.29) is 0 Å². The van der Waals surface area contributed by atoms with Gasteiger partial charge in [0.05, 0.1) is 0 Å². The SMILES string of the molecule is COCCCCc1ccc(C)cc1.COCCCCc1ccccc1. The number of unbranched alkanes of at least 4 members (excludes halogenated alkanes) is 2. The largest absolute Gasteiger partial charge is 0.385 e. The number of aryl methyl sites for hydroxylation is 3. The van der Waals surface area contributed by atoms with Crippen LogP contribution in [0.25, 0.3) is 0 Å². The lowest BCUT2D eigenvalue weighted by Gasteiger charge is -2.01. The lowest BCUT2D eigenvalue weighted by molar-refractivity contribution is 0.193. The quantitative estimate of drug-likeness (QED) is 0.522. The lowest BCUT2D eigenvalue weighted by Crippen LogP contribution is -1.91. The molecule has 0 aromatic heterocycles. The molecule has 25 heavy (non-hydrogen) atoms. The predicted molar refractivity (Wildman–Crippen MR) is 107 cm³/mol. The first-order valence-corrected chi connectivity index (χ1v) is 9.33. The van der Waals surface area contributed by atoms with Crippen LogP contribution in [0, 0.1) is 6.92 Å². The molecule has 0 fully saturated rings. The third-order valence-electron chi connectivity index (χ3n) is 4.09. The fraction of sp³-hybridized carbons (Fsp3) is 0.478. The van der Waals surface area contributed by atoms with Crippen LogP contribution in [0.3, 0.4) is 0 Å². The van der Waals surface area contributed by atoms with Crippen LogP contribution in [0.1, 0.15) is 42.4 Å². The van der Waals surface area contributed by atoms with Crippen molar-refractivity contribution >= 4 is 0 Å². The minimum absolute atomic E-state index is 0.881. The maximum atomic E-state index is 5.00. The second-order valence-corrected chi connectivity index (χ2v) is 6.37. The van der Waals surface area contributed by atoms with Crippen LogP contribution in [-0.4, -0.2) is 27.4 Å². The molecule has 0 saturated carbocycles. The van der Waals surface area contributed by atoms with Crippen molar-refractivity contribution in [2.75, 3.05) is 27.4 Å². The van der Waals surface area contributed by atoms with E-state index in [9.17, 15) is 0 Å². The summed E-state index contributed by atoms with van der Waals surface area (Å²) in [4.78, 5) is 0. The van der Waals surface area contributed by atoms with E-state index in [0.29, 0.717) is 0 Å². The Kier molecular flexibility index (Phi) is 12.6. The van der Waals surface area contributed by atoms with Gasteiger partial charge in [0.1, 0.15) is 0 Å². The summed E-state index contributed by atoms with van der Waals surface area (Å²) in [6, 6.07) is 19.3. The molecular formula is C23H34O2. The van der Waals surface area contributed by atoms with Crippen molar-refractivity contribution in [1.29, 1.82) is 0 Å². The summed E-state index contributed by atoms with van der Waals surface area (Å²) in [5, 5.41) is 0. The van der Waals surface area contributed by atoms with Crippen LogP contribution in [0.15, 0.2) is 54.6 Å². The van der Waals surface area contributed by atoms with Gasteiger partial charge in [-0.25, -0.2) is 0 Å². The molecule has 0 aliphatic carbocycles. The van der Waals surface area contributed by atoms with Crippen LogP contribution >= 0.6 is 0 Å². The van der Waals surface area contributed by atoms with E-state index in [4.69, 9.17) is 9.47 Å². The highest BCUT2D eigenvalue weighted by molar-refractivity contribution is 5.21. The molecule has 0 N–H and O–H groups in total. The number of benzene rings is 2. The smallest absolute Gasteiger partial charge is 0.0462 e. The first kappa shape index (κ1) is 21.4. The minimum Gasteiger partial charge on any atom is -0.385 e. The number of rotatable bonds is 10. The van der Waals surface area contributed by atoms with E-state index in [2.05, 4.69) is 61.5 Å². The van der Waals surface area contributed by atoms with E-state index in [1.54, 1.807) is 14.2 Å². The van der Waals surface area contributed by atoms with Gasteiger partial charge in [0.2, 0.25) is 0 Å². The normalized spacial score (nSPS) is 10.2. The monoisotopic (exact) mass is 342 g/mol. The molecule has 2 rings (SSSR count). The molecule has 0 unspecified atom stereocenters. The van der Waals surface area contributed by atoms with Gasteiger partial charge in [0, 0.05) is 27.4 Å². The summed E-state index contributed by atoms with van der Waals surface area (Å²) >= 11 is 0. The van der Waals surface area contributed by atoms with Gasteiger partial charge in [-0.15, -0.1) is 0 Å². The van der Waals surface area contributed by atoms with E-state index in [1.165, 1.54) is 42.4 Å². The summed E-state index contributed by atoms with van der Waals surface area (Å²) in [5.74, 6) is 0. The first-order chi connectivity index (χ1) is 12.3. The highest BCUT2D eigenvalue weighted by Crippen LogP contribution is 2.07. The van der Waals surface area contributed by atoms with Gasteiger partial charge in [0.25, 0.3) is 0 Å². The van der Waals surface area contributed by atoms with Crippen molar-refractivity contribution in [1.82, 2.24) is 0 Å². The summed E-state index contributed by atoms with van der Waals surface area (Å²) in [6.07, 6.45) is 7.10. The van der Waals surface area contributed by atoms with Crippen molar-refractivity contribution in [3.8, 4) is 0 Å². The zero-order valence-electron chi connectivity index (χ0n) is 16.2. The Bertz CT molecular complexity index is 520. The molecule has 138 valence electrons. The number of hydrogen-bond donors (Lipinski definition) is 0. The zero-order chi connectivity index (χ0) is 18.2. The van der Waals surface area contributed by atoms with E-state index in [1.807, 2.05) is 0 Å². The highest BCUT2D eigenvalue weighted by atomic mass is 16.5. The molecule has 2 nitrogen and oxygen atoms in total. The average Bonchev–Trinajstić information content (AvgIpc) is 2.65. The molecule has 0 bridgehead atoms. The maximum absolute atomic E-state index is 5.00. The molecule has 0 atom stereocenters. The molecule has 2 aromatic carbocycles. The van der Waals surface area contributed by atoms with Gasteiger partial charge in [0.15, 0.2) is 0 Å². The molecule has 0 saturated heterocycles. The summed E-state index contributed by atoms with van der Waals surface area (Å²) < 4.78 is 9.98. The minimum atomic E-state index is 0.881. The molecule has 0 spiro atoms. The van der Waals surface area contributed by atoms with Crippen LogP contribution < -0.4 is 0 Å². The molecule has 0 radical (unpaired) electrons. The second-order valence-electron chi connectivity index (χ2n) is 6.37. The van der Waals surface area contributed by atoms with Crippen molar-refractivity contribution in [3.63, 3.8) is 0 Å². The second kappa shape index (κ2) is 14.7. The van der Waals surface area contributed by atoms with Crippen LogP contribution in [0.5, 0.6) is 0 Å². The Hall–Kier alpha value is -1.64. The average molecular weight is 343 g/mol. The van der Waals surface area contributed by atoms with Crippen molar-refractivity contribution in [2.24, 2.45) is 0 Å². The van der Waals surface area contributed by atoms with Gasteiger partial charge in [-0.3, -0.25) is 0 Å². The first-order valence-electron chi connectivity index (χ1n) is 9.33. The molecule has 2 aromatic rings. The molecule has 0 amide bonds. The van der Waals surface area contributed by atoms with E-state index in [0.717, 1.165) is 26.1 Å². The molecular weight excluding hydrogens is 308 g/mol. The van der Waals surface area contributed by atoms with Crippen LogP contribution in [0.2, 0.25) is 0 Å². The van der Waals surface area contributed by atoms with Crippen molar-refractivity contribution in [3.05, 3.63) is 71.3 Å². The van der Waals surface area contributed by atoms with Gasteiger partial charge < -0.3 is 9.47 Å². The maximum Gasteiger partial charge on any atom is 0.0462 e. The van der Waals surface area contributed by atoms with Crippen LogP contribution in [0.4, 0.5) is 0 Å². The number of ether oxygens (including phenoxy) is 2. The summed E-state index contributed by atoms with van der Waals surface area (Å²) in [6.45, 7) is 3.88. The summed E-state index contributed by atoms with van der Waals surface area (Å²) in [5.41, 5.74) is 4.19. The molecule has 0 aliphatic rings. The fourth-order valence-corrected chi connectivity index (χ4v) is 2.55. The third-order valence-corrected chi connectivity index (χ3v) is 4.09. The molecule has 0 aliphatic heterocycles. The van der Waals surface area contributed by atoms with Crippen molar-refractivity contribution in [2.45, 2.75) is 45.4 Å². The Balaban J connectivity index is 0.000000251. The number of hydrogen-bond acceptors (Lipinski definition) is 2. The standard InChI is InChI=1S/C12H18O.C11H16O/c1-11-6-8-12(9-7-11)5-3-4-10-13-2;1-12-10-6-5-9-11-7-3-2-4-8-11/h6-9H,3-5,10H2,1-2H3;2-4,7-8H,5-6,9-10H2,1H3. The molecule has 0 heterocycles. The fourth-order valence-electron chi connectivity index (χ4n) is 2.55. The van der Waals surface area contributed by atoms with E-state index >= 15 is 0 Å². The Morgan fingerprint density at radius 2 is 1.08 bits per heavy atom. The Labute approximate surface area is 154 Å². The Morgan fingerprint density at radius 1 is 0.600 bits per heavy atom. The number of methoxy groups -OCH3 is 2. The topological polar surface area (TPSA) is 18.5 Å². The zero-order valence-corrected chi connectivity index (χ0v) is 16.2.